The van der Waals surface area contributed by atoms with Crippen molar-refractivity contribution >= 4 is 62.6 Å². The van der Waals surface area contributed by atoms with Crippen LogP contribution in [0.5, 0.6) is 0 Å². The predicted octanol–water partition coefficient (Wildman–Crippen LogP) is 4.68. The van der Waals surface area contributed by atoms with Gasteiger partial charge < -0.3 is 9.88 Å². The maximum Gasteiger partial charge on any atom is 0.236 e. The fourth-order valence-electron chi connectivity index (χ4n) is 2.10. The fraction of sp³-hybridized carbons (Fsp3) is 0.125. The average molecular weight is 473 g/mol. The number of thioether (sulfide) groups is 1. The van der Waals surface area contributed by atoms with Gasteiger partial charge in [-0.3, -0.25) is 4.79 Å². The molecule has 2 aromatic heterocycles. The van der Waals surface area contributed by atoms with Crippen LogP contribution in [0, 0.1) is 0 Å². The van der Waals surface area contributed by atoms with Crippen LogP contribution in [0.4, 0.5) is 5.82 Å². The molecule has 2 heterocycles. The molecule has 134 valence electrons. The number of halogens is 3. The second-order valence-electron chi connectivity index (χ2n) is 5.19. The van der Waals surface area contributed by atoms with Gasteiger partial charge in [0.1, 0.15) is 5.82 Å². The van der Waals surface area contributed by atoms with Crippen molar-refractivity contribution in [2.45, 2.75) is 5.16 Å². The maximum atomic E-state index is 12.1. The Balaban J connectivity index is 1.66. The quantitative estimate of drug-likeness (QED) is 0.546. The molecule has 0 saturated carbocycles. The molecule has 0 saturated heterocycles. The van der Waals surface area contributed by atoms with Gasteiger partial charge in [0.2, 0.25) is 5.91 Å². The number of carbonyl (C=O) groups excluding carboxylic acids is 1. The van der Waals surface area contributed by atoms with Crippen LogP contribution in [0.15, 0.2) is 46.2 Å². The topological polar surface area (TPSA) is 72.7 Å². The van der Waals surface area contributed by atoms with Crippen LogP contribution in [-0.4, -0.2) is 31.4 Å². The van der Waals surface area contributed by atoms with Crippen molar-refractivity contribution in [2.75, 3.05) is 11.1 Å². The minimum atomic E-state index is -0.182. The molecule has 0 unspecified atom stereocenters. The Morgan fingerprint density at radius 1 is 1.27 bits per heavy atom. The second-order valence-corrected chi connectivity index (χ2v) is 7.89. The standard InChI is InChI=1S/C16H12BrCl2N5OS/c1-24-15(11-4-3-10(18)6-12(11)19)22-23-16(24)26-8-14(25)21-13-5-2-9(17)7-20-13/h2-7H,8H2,1H3,(H,20,21,25). The largest absolute Gasteiger partial charge is 0.310 e. The van der Waals surface area contributed by atoms with Gasteiger partial charge in [-0.1, -0.05) is 35.0 Å². The third-order valence-corrected chi connectivity index (χ3v) is 5.37. The lowest BCUT2D eigenvalue weighted by molar-refractivity contribution is -0.113. The lowest BCUT2D eigenvalue weighted by atomic mass is 10.2. The van der Waals surface area contributed by atoms with E-state index in [1.807, 2.05) is 7.05 Å². The molecule has 1 amide bonds. The molecule has 26 heavy (non-hydrogen) atoms. The van der Waals surface area contributed by atoms with Crippen LogP contribution < -0.4 is 5.32 Å². The number of amides is 1. The highest BCUT2D eigenvalue weighted by Crippen LogP contribution is 2.30. The normalized spacial score (nSPS) is 10.8. The van der Waals surface area contributed by atoms with E-state index < -0.39 is 0 Å². The van der Waals surface area contributed by atoms with Crippen LogP contribution in [0.2, 0.25) is 10.0 Å². The molecule has 3 rings (SSSR count). The summed E-state index contributed by atoms with van der Waals surface area (Å²) in [7, 11) is 1.82. The minimum Gasteiger partial charge on any atom is -0.310 e. The number of anilines is 1. The van der Waals surface area contributed by atoms with Gasteiger partial charge in [-0.05, 0) is 46.3 Å². The molecule has 0 spiro atoms. The van der Waals surface area contributed by atoms with Gasteiger partial charge in [-0.15, -0.1) is 10.2 Å². The summed E-state index contributed by atoms with van der Waals surface area (Å²) < 4.78 is 2.63. The third kappa shape index (κ3) is 4.56. The van der Waals surface area contributed by atoms with Crippen molar-refractivity contribution in [1.82, 2.24) is 19.7 Å². The summed E-state index contributed by atoms with van der Waals surface area (Å²) >= 11 is 16.7. The molecule has 0 radical (unpaired) electrons. The third-order valence-electron chi connectivity index (χ3n) is 3.33. The van der Waals surface area contributed by atoms with Crippen molar-refractivity contribution in [1.29, 1.82) is 0 Å². The number of nitrogens with one attached hydrogen (secondary N) is 1. The van der Waals surface area contributed by atoms with Crippen LogP contribution in [0.25, 0.3) is 11.4 Å². The van der Waals surface area contributed by atoms with Gasteiger partial charge in [0, 0.05) is 28.3 Å². The van der Waals surface area contributed by atoms with E-state index in [4.69, 9.17) is 23.2 Å². The number of aromatic nitrogens is 4. The zero-order valence-electron chi connectivity index (χ0n) is 13.4. The molecule has 0 aliphatic rings. The van der Waals surface area contributed by atoms with E-state index in [9.17, 15) is 4.79 Å². The van der Waals surface area contributed by atoms with Crippen molar-refractivity contribution in [3.8, 4) is 11.4 Å². The molecule has 1 N–H and O–H groups in total. The van der Waals surface area contributed by atoms with Crippen LogP contribution in [0.1, 0.15) is 0 Å². The van der Waals surface area contributed by atoms with Crippen molar-refractivity contribution in [3.05, 3.63) is 51.0 Å². The first-order chi connectivity index (χ1) is 12.4. The van der Waals surface area contributed by atoms with Gasteiger partial charge >= 0.3 is 0 Å². The first-order valence-corrected chi connectivity index (χ1v) is 9.86. The highest BCUT2D eigenvalue weighted by molar-refractivity contribution is 9.10. The van der Waals surface area contributed by atoms with Crippen molar-refractivity contribution < 1.29 is 4.79 Å². The van der Waals surface area contributed by atoms with Crippen molar-refractivity contribution in [2.24, 2.45) is 7.05 Å². The van der Waals surface area contributed by atoms with E-state index in [1.54, 1.807) is 41.1 Å². The smallest absolute Gasteiger partial charge is 0.236 e. The van der Waals surface area contributed by atoms with Crippen LogP contribution in [0.3, 0.4) is 0 Å². The number of hydrogen-bond donors (Lipinski definition) is 1. The second kappa shape index (κ2) is 8.39. The summed E-state index contributed by atoms with van der Waals surface area (Å²) in [5.74, 6) is 1.09. The molecule has 1 aromatic carbocycles. The summed E-state index contributed by atoms with van der Waals surface area (Å²) in [4.78, 5) is 16.2. The molecule has 0 atom stereocenters. The van der Waals surface area contributed by atoms with E-state index in [-0.39, 0.29) is 11.7 Å². The van der Waals surface area contributed by atoms with Crippen molar-refractivity contribution in [3.63, 3.8) is 0 Å². The van der Waals surface area contributed by atoms with E-state index in [2.05, 4.69) is 36.4 Å². The molecule has 0 aliphatic carbocycles. The molecule has 10 heteroatoms. The Labute approximate surface area is 172 Å². The number of carbonyl (C=O) groups is 1. The summed E-state index contributed by atoms with van der Waals surface area (Å²) in [5, 5.41) is 12.7. The number of nitrogens with zero attached hydrogens (tertiary/aromatic N) is 4. The minimum absolute atomic E-state index is 0.179. The van der Waals surface area contributed by atoms with E-state index >= 15 is 0 Å². The first kappa shape index (κ1) is 19.2. The number of hydrogen-bond acceptors (Lipinski definition) is 5. The lowest BCUT2D eigenvalue weighted by Crippen LogP contribution is -2.15. The zero-order valence-corrected chi connectivity index (χ0v) is 17.3. The first-order valence-electron chi connectivity index (χ1n) is 7.33. The van der Waals surface area contributed by atoms with Gasteiger partial charge in [0.05, 0.1) is 10.8 Å². The summed E-state index contributed by atoms with van der Waals surface area (Å²) in [6.07, 6.45) is 1.62. The zero-order chi connectivity index (χ0) is 18.7. The van der Waals surface area contributed by atoms with Crippen LogP contribution >= 0.6 is 50.9 Å². The number of benzene rings is 1. The number of pyridine rings is 1. The Bertz CT molecular complexity index is 948. The highest BCUT2D eigenvalue weighted by Gasteiger charge is 2.15. The molecule has 3 aromatic rings. The van der Waals surface area contributed by atoms with E-state index in [0.29, 0.717) is 26.8 Å². The maximum absolute atomic E-state index is 12.1. The fourth-order valence-corrected chi connectivity index (χ4v) is 3.54. The van der Waals surface area contributed by atoms with E-state index in [1.165, 1.54) is 11.8 Å². The lowest BCUT2D eigenvalue weighted by Gasteiger charge is -2.06. The SMILES string of the molecule is Cn1c(SCC(=O)Nc2ccc(Br)cn2)nnc1-c1ccc(Cl)cc1Cl. The Morgan fingerprint density at radius 3 is 2.77 bits per heavy atom. The molecule has 0 aliphatic heterocycles. The number of rotatable bonds is 5. The van der Waals surface area contributed by atoms with Gasteiger partial charge in [0.15, 0.2) is 11.0 Å². The molecule has 0 fully saturated rings. The van der Waals surface area contributed by atoms with E-state index in [0.717, 1.165) is 10.0 Å². The van der Waals surface area contributed by atoms with Crippen LogP contribution in [-0.2, 0) is 11.8 Å². The highest BCUT2D eigenvalue weighted by atomic mass is 79.9. The Hall–Kier alpha value is -1.61. The molecule has 6 nitrogen and oxygen atoms in total. The monoisotopic (exact) mass is 471 g/mol. The Morgan fingerprint density at radius 2 is 2.08 bits per heavy atom. The average Bonchev–Trinajstić information content (AvgIpc) is 2.96. The summed E-state index contributed by atoms with van der Waals surface area (Å²) in [6, 6.07) is 8.70. The van der Waals surface area contributed by atoms with Gasteiger partial charge in [-0.2, -0.15) is 0 Å². The Kier molecular flexibility index (Phi) is 6.18. The van der Waals surface area contributed by atoms with Gasteiger partial charge in [-0.25, -0.2) is 4.98 Å². The summed E-state index contributed by atoms with van der Waals surface area (Å²) in [6.45, 7) is 0. The molecular weight excluding hydrogens is 461 g/mol. The molecular formula is C16H12BrCl2N5OS. The predicted molar refractivity (Wildman–Crippen MR) is 108 cm³/mol. The van der Waals surface area contributed by atoms with Gasteiger partial charge in [0.25, 0.3) is 0 Å². The summed E-state index contributed by atoms with van der Waals surface area (Å²) in [5.41, 5.74) is 0.724. The molecule has 0 bridgehead atoms.